The van der Waals surface area contributed by atoms with Crippen LogP contribution in [0.2, 0.25) is 5.02 Å². The summed E-state index contributed by atoms with van der Waals surface area (Å²) in [7, 11) is -1.60. The van der Waals surface area contributed by atoms with Gasteiger partial charge in [0.2, 0.25) is 11.9 Å². The molecule has 11 nitrogen and oxygen atoms in total. The molecular weight excluding hydrogens is 590 g/mol. The number of methoxy groups -OCH3 is 1. The number of rotatable bonds is 9. The summed E-state index contributed by atoms with van der Waals surface area (Å²) in [5.74, 6) is 1.37. The SMILES string of the molecule is COc1cc(N2CCN(C3CCN(C(C)=O)CC3)CC2)ccc1Nc1ncc(Cl)c(Nc2ccccc2CS(C)(=O)=O)n1. The van der Waals surface area contributed by atoms with E-state index in [1.807, 2.05) is 23.1 Å². The molecule has 2 aliphatic heterocycles. The monoisotopic (exact) mass is 627 g/mol. The average molecular weight is 628 g/mol. The molecule has 2 N–H and O–H groups in total. The summed E-state index contributed by atoms with van der Waals surface area (Å²) in [6.07, 6.45) is 4.75. The number of piperidine rings is 1. The van der Waals surface area contributed by atoms with Crippen molar-refractivity contribution in [3.63, 3.8) is 0 Å². The van der Waals surface area contributed by atoms with Gasteiger partial charge in [-0.25, -0.2) is 13.4 Å². The number of aromatic nitrogens is 2. The highest BCUT2D eigenvalue weighted by atomic mass is 35.5. The van der Waals surface area contributed by atoms with Gasteiger partial charge < -0.3 is 25.2 Å². The smallest absolute Gasteiger partial charge is 0.229 e. The number of sulfone groups is 1. The number of carbonyl (C=O) groups is 1. The molecule has 0 atom stereocenters. The normalized spacial score (nSPS) is 16.7. The van der Waals surface area contributed by atoms with Gasteiger partial charge >= 0.3 is 0 Å². The van der Waals surface area contributed by atoms with E-state index in [1.54, 1.807) is 32.2 Å². The molecule has 0 radical (unpaired) electrons. The van der Waals surface area contributed by atoms with Crippen molar-refractivity contribution in [1.29, 1.82) is 0 Å². The molecule has 0 spiro atoms. The number of anilines is 5. The third-order valence-corrected chi connectivity index (χ3v) is 9.08. The van der Waals surface area contributed by atoms with Gasteiger partial charge in [-0.05, 0) is 36.6 Å². The zero-order valence-corrected chi connectivity index (χ0v) is 26.3. The molecule has 0 unspecified atom stereocenters. The molecule has 3 aromatic rings. The van der Waals surface area contributed by atoms with Crippen LogP contribution in [0.25, 0.3) is 0 Å². The van der Waals surface area contributed by atoms with Crippen molar-refractivity contribution in [3.8, 4) is 5.75 Å². The maximum atomic E-state index is 11.9. The zero-order valence-electron chi connectivity index (χ0n) is 24.7. The van der Waals surface area contributed by atoms with E-state index in [1.165, 1.54) is 12.5 Å². The van der Waals surface area contributed by atoms with E-state index in [0.717, 1.165) is 57.8 Å². The second kappa shape index (κ2) is 13.4. The summed E-state index contributed by atoms with van der Waals surface area (Å²) in [5.41, 5.74) is 3.00. The number of nitrogens with one attached hydrogen (secondary N) is 2. The maximum Gasteiger partial charge on any atom is 0.229 e. The molecule has 0 aliphatic carbocycles. The van der Waals surface area contributed by atoms with Crippen LogP contribution in [-0.2, 0) is 20.4 Å². The predicted molar refractivity (Wildman–Crippen MR) is 171 cm³/mol. The van der Waals surface area contributed by atoms with Gasteiger partial charge in [0.1, 0.15) is 10.8 Å². The van der Waals surface area contributed by atoms with Gasteiger partial charge in [-0.3, -0.25) is 9.69 Å². The van der Waals surface area contributed by atoms with Crippen molar-refractivity contribution in [1.82, 2.24) is 19.8 Å². The average Bonchev–Trinajstić information content (AvgIpc) is 2.99. The van der Waals surface area contributed by atoms with Crippen molar-refractivity contribution in [3.05, 3.63) is 59.2 Å². The number of hydrogen-bond donors (Lipinski definition) is 2. The fourth-order valence-electron chi connectivity index (χ4n) is 5.68. The van der Waals surface area contributed by atoms with Crippen LogP contribution in [0.1, 0.15) is 25.3 Å². The number of amides is 1. The number of carbonyl (C=O) groups excluding carboxylic acids is 1. The lowest BCUT2D eigenvalue weighted by Crippen LogP contribution is -2.53. The quantitative estimate of drug-likeness (QED) is 0.355. The van der Waals surface area contributed by atoms with E-state index in [2.05, 4.69) is 36.5 Å². The number of halogens is 1. The Hall–Kier alpha value is -3.61. The third-order valence-electron chi connectivity index (χ3n) is 7.97. The molecule has 0 bridgehead atoms. The molecule has 43 heavy (non-hydrogen) atoms. The minimum absolute atomic E-state index is 0.108. The molecule has 2 aromatic carbocycles. The molecule has 2 saturated heterocycles. The predicted octanol–water partition coefficient (Wildman–Crippen LogP) is 4.30. The third kappa shape index (κ3) is 7.87. The number of piperazine rings is 1. The van der Waals surface area contributed by atoms with Gasteiger partial charge in [0.15, 0.2) is 15.7 Å². The molecule has 230 valence electrons. The van der Waals surface area contributed by atoms with Crippen molar-refractivity contribution >= 4 is 56.2 Å². The van der Waals surface area contributed by atoms with Gasteiger partial charge in [-0.2, -0.15) is 4.98 Å². The minimum atomic E-state index is -3.23. The fraction of sp³-hybridized carbons (Fsp3) is 0.433. The Bertz CT molecular complexity index is 1560. The van der Waals surface area contributed by atoms with Gasteiger partial charge in [0.05, 0.1) is 24.7 Å². The second-order valence-corrected chi connectivity index (χ2v) is 13.6. The van der Waals surface area contributed by atoms with Crippen LogP contribution in [-0.4, -0.2) is 92.8 Å². The van der Waals surface area contributed by atoms with E-state index >= 15 is 0 Å². The highest BCUT2D eigenvalue weighted by Gasteiger charge is 2.28. The first-order valence-electron chi connectivity index (χ1n) is 14.3. The molecule has 0 saturated carbocycles. The number of hydrogen-bond acceptors (Lipinski definition) is 10. The van der Waals surface area contributed by atoms with Crippen LogP contribution in [0.4, 0.5) is 28.8 Å². The molecule has 3 heterocycles. The molecule has 2 aliphatic rings. The summed E-state index contributed by atoms with van der Waals surface area (Å²) in [6, 6.07) is 13.7. The molecule has 5 rings (SSSR count). The Kier molecular flexibility index (Phi) is 9.58. The Morgan fingerprint density at radius 3 is 2.42 bits per heavy atom. The van der Waals surface area contributed by atoms with E-state index in [9.17, 15) is 13.2 Å². The highest BCUT2D eigenvalue weighted by Crippen LogP contribution is 2.33. The Balaban J connectivity index is 1.24. The minimum Gasteiger partial charge on any atom is -0.494 e. The molecule has 2 fully saturated rings. The van der Waals surface area contributed by atoms with E-state index in [0.29, 0.717) is 45.5 Å². The highest BCUT2D eigenvalue weighted by molar-refractivity contribution is 7.89. The van der Waals surface area contributed by atoms with Crippen LogP contribution in [0, 0.1) is 0 Å². The topological polar surface area (TPSA) is 120 Å². The van der Waals surface area contributed by atoms with Crippen molar-refractivity contribution < 1.29 is 17.9 Å². The largest absolute Gasteiger partial charge is 0.494 e. The molecule has 1 aromatic heterocycles. The first-order valence-corrected chi connectivity index (χ1v) is 16.8. The lowest BCUT2D eigenvalue weighted by Gasteiger charge is -2.43. The van der Waals surface area contributed by atoms with Gasteiger partial charge in [0.25, 0.3) is 0 Å². The first-order chi connectivity index (χ1) is 20.6. The number of para-hydroxylation sites is 1. The summed E-state index contributed by atoms with van der Waals surface area (Å²) < 4.78 is 29.5. The molecular formula is C30H38ClN7O4S. The summed E-state index contributed by atoms with van der Waals surface area (Å²) in [5, 5.41) is 6.68. The lowest BCUT2D eigenvalue weighted by atomic mass is 10.0. The summed E-state index contributed by atoms with van der Waals surface area (Å²) in [6.45, 7) is 7.13. The number of ether oxygens (including phenoxy) is 1. The fourth-order valence-corrected chi connectivity index (χ4v) is 6.64. The van der Waals surface area contributed by atoms with Crippen LogP contribution >= 0.6 is 11.6 Å². The number of benzene rings is 2. The standard InChI is InChI=1S/C30H38ClN7O4S/c1-21(39)36-12-10-23(11-13-36)37-14-16-38(17-15-37)24-8-9-27(28(18-24)42-2)34-30-32-19-25(31)29(35-30)33-26-7-5-4-6-22(26)20-43(3,40)41/h4-9,18-19,23H,10-17,20H2,1-3H3,(H2,32,33,34,35). The van der Waals surface area contributed by atoms with Gasteiger partial charge in [0, 0.05) is 75.9 Å². The van der Waals surface area contributed by atoms with Crippen LogP contribution in [0.5, 0.6) is 5.75 Å². The lowest BCUT2D eigenvalue weighted by molar-refractivity contribution is -0.130. The van der Waals surface area contributed by atoms with Crippen molar-refractivity contribution in [2.24, 2.45) is 0 Å². The van der Waals surface area contributed by atoms with Crippen LogP contribution in [0.3, 0.4) is 0 Å². The molecule has 1 amide bonds. The second-order valence-electron chi connectivity index (χ2n) is 11.0. The van der Waals surface area contributed by atoms with Crippen LogP contribution in [0.15, 0.2) is 48.7 Å². The van der Waals surface area contributed by atoms with E-state index in [-0.39, 0.29) is 11.7 Å². The van der Waals surface area contributed by atoms with Crippen molar-refractivity contribution in [2.45, 2.75) is 31.6 Å². The Morgan fingerprint density at radius 1 is 1.02 bits per heavy atom. The Morgan fingerprint density at radius 2 is 1.74 bits per heavy atom. The summed E-state index contributed by atoms with van der Waals surface area (Å²) >= 11 is 6.40. The summed E-state index contributed by atoms with van der Waals surface area (Å²) in [4.78, 5) is 27.4. The number of nitrogens with zero attached hydrogens (tertiary/aromatic N) is 5. The molecule has 13 heteroatoms. The number of likely N-dealkylation sites (tertiary alicyclic amines) is 1. The zero-order chi connectivity index (χ0) is 30.6. The van der Waals surface area contributed by atoms with Gasteiger partial charge in [-0.1, -0.05) is 29.8 Å². The van der Waals surface area contributed by atoms with E-state index < -0.39 is 9.84 Å². The van der Waals surface area contributed by atoms with Gasteiger partial charge in [-0.15, -0.1) is 0 Å². The first kappa shape index (κ1) is 30.8. The van der Waals surface area contributed by atoms with E-state index in [4.69, 9.17) is 16.3 Å². The van der Waals surface area contributed by atoms with Crippen molar-refractivity contribution in [2.75, 3.05) is 68.2 Å². The maximum absolute atomic E-state index is 11.9. The van der Waals surface area contributed by atoms with Crippen LogP contribution < -0.4 is 20.3 Å². The Labute approximate surface area is 258 Å².